The number of carbonyl (C=O) groups is 1. The number of ether oxygens (including phenoxy) is 1. The highest BCUT2D eigenvalue weighted by molar-refractivity contribution is 5.68. The maximum absolute atomic E-state index is 10.5. The molecule has 1 aliphatic carbocycles. The molecule has 1 saturated heterocycles. The van der Waals surface area contributed by atoms with E-state index in [2.05, 4.69) is 20.4 Å². The highest BCUT2D eigenvalue weighted by Crippen LogP contribution is 2.35. The van der Waals surface area contributed by atoms with Gasteiger partial charge < -0.3 is 9.84 Å². The number of aromatic nitrogens is 4. The van der Waals surface area contributed by atoms with Crippen LogP contribution in [0.2, 0.25) is 0 Å². The van der Waals surface area contributed by atoms with Gasteiger partial charge in [-0.05, 0) is 30.2 Å². The van der Waals surface area contributed by atoms with E-state index in [1.165, 1.54) is 0 Å². The standard InChI is InChI=1S/C11H17N5O3/c1-11(19-5-10(17)18)6-15(7-11)4-9-12-13-14-16(9)8-2-3-8/h8H,2-7H2,1H3,(H,17,18). The van der Waals surface area contributed by atoms with Gasteiger partial charge in [-0.3, -0.25) is 4.90 Å². The zero-order chi connectivity index (χ0) is 13.5. The van der Waals surface area contributed by atoms with Crippen LogP contribution in [-0.2, 0) is 16.1 Å². The smallest absolute Gasteiger partial charge is 0.329 e. The largest absolute Gasteiger partial charge is 0.480 e. The van der Waals surface area contributed by atoms with Gasteiger partial charge in [0.1, 0.15) is 6.61 Å². The highest BCUT2D eigenvalue weighted by Gasteiger charge is 2.41. The van der Waals surface area contributed by atoms with Crippen molar-refractivity contribution < 1.29 is 14.6 Å². The summed E-state index contributed by atoms with van der Waals surface area (Å²) in [5.41, 5.74) is -0.365. The molecule has 0 atom stereocenters. The van der Waals surface area contributed by atoms with Gasteiger partial charge in [-0.25, -0.2) is 9.48 Å². The van der Waals surface area contributed by atoms with Gasteiger partial charge in [0.05, 0.1) is 18.2 Å². The van der Waals surface area contributed by atoms with E-state index in [0.29, 0.717) is 25.7 Å². The number of carboxylic acid groups (broad SMARTS) is 1. The van der Waals surface area contributed by atoms with Gasteiger partial charge in [-0.2, -0.15) is 0 Å². The summed E-state index contributed by atoms with van der Waals surface area (Å²) in [6.45, 7) is 3.78. The molecule has 1 aromatic rings. The van der Waals surface area contributed by atoms with Crippen molar-refractivity contribution in [2.45, 2.75) is 38.0 Å². The molecule has 2 heterocycles. The van der Waals surface area contributed by atoms with Crippen molar-refractivity contribution in [1.29, 1.82) is 0 Å². The number of likely N-dealkylation sites (tertiary alicyclic amines) is 1. The topological polar surface area (TPSA) is 93.4 Å². The Morgan fingerprint density at radius 2 is 2.26 bits per heavy atom. The Kier molecular flexibility index (Phi) is 2.98. The first-order chi connectivity index (χ1) is 9.06. The fraction of sp³-hybridized carbons (Fsp3) is 0.818. The zero-order valence-electron chi connectivity index (χ0n) is 10.8. The molecule has 0 spiro atoms. The molecule has 104 valence electrons. The van der Waals surface area contributed by atoms with Gasteiger partial charge in [0.25, 0.3) is 0 Å². The van der Waals surface area contributed by atoms with E-state index in [1.54, 1.807) is 0 Å². The first kappa shape index (κ1) is 12.5. The molecule has 3 rings (SSSR count). The molecule has 8 heteroatoms. The number of carboxylic acids is 1. The molecule has 1 aliphatic heterocycles. The predicted molar refractivity (Wildman–Crippen MR) is 63.4 cm³/mol. The lowest BCUT2D eigenvalue weighted by Gasteiger charge is -2.47. The summed E-state index contributed by atoms with van der Waals surface area (Å²) in [5, 5.41) is 20.4. The quantitative estimate of drug-likeness (QED) is 0.755. The molecule has 1 aromatic heterocycles. The molecule has 0 bridgehead atoms. The van der Waals surface area contributed by atoms with Crippen molar-refractivity contribution in [1.82, 2.24) is 25.1 Å². The van der Waals surface area contributed by atoms with Crippen LogP contribution < -0.4 is 0 Å². The number of hydrogen-bond donors (Lipinski definition) is 1. The van der Waals surface area contributed by atoms with Crippen LogP contribution in [0.3, 0.4) is 0 Å². The number of nitrogens with zero attached hydrogens (tertiary/aromatic N) is 5. The molecule has 0 radical (unpaired) electrons. The van der Waals surface area contributed by atoms with Gasteiger partial charge in [0.15, 0.2) is 5.82 Å². The van der Waals surface area contributed by atoms with Crippen LogP contribution in [0.5, 0.6) is 0 Å². The van der Waals surface area contributed by atoms with Crippen molar-refractivity contribution >= 4 is 5.97 Å². The van der Waals surface area contributed by atoms with Crippen molar-refractivity contribution in [2.75, 3.05) is 19.7 Å². The van der Waals surface area contributed by atoms with Crippen LogP contribution in [-0.4, -0.2) is 61.5 Å². The maximum atomic E-state index is 10.5. The third-order valence-corrected chi connectivity index (χ3v) is 3.48. The lowest BCUT2D eigenvalue weighted by atomic mass is 9.96. The second kappa shape index (κ2) is 4.53. The van der Waals surface area contributed by atoms with Crippen LogP contribution in [0.25, 0.3) is 0 Å². The van der Waals surface area contributed by atoms with E-state index in [9.17, 15) is 4.79 Å². The second-order valence-corrected chi connectivity index (χ2v) is 5.55. The molecule has 0 unspecified atom stereocenters. The molecule has 2 aliphatic rings. The number of aliphatic carboxylic acids is 1. The Morgan fingerprint density at radius 3 is 2.89 bits per heavy atom. The van der Waals surface area contributed by atoms with E-state index in [-0.39, 0.29) is 12.2 Å². The number of hydrogen-bond acceptors (Lipinski definition) is 6. The Labute approximate surface area is 110 Å². The van der Waals surface area contributed by atoms with E-state index in [0.717, 1.165) is 18.7 Å². The molecule has 0 aromatic carbocycles. The third-order valence-electron chi connectivity index (χ3n) is 3.48. The van der Waals surface area contributed by atoms with Gasteiger partial charge in [0.2, 0.25) is 0 Å². The molecular formula is C11H17N5O3. The molecule has 8 nitrogen and oxygen atoms in total. The van der Waals surface area contributed by atoms with Crippen LogP contribution in [0.15, 0.2) is 0 Å². The zero-order valence-corrected chi connectivity index (χ0v) is 10.8. The van der Waals surface area contributed by atoms with Crippen LogP contribution in [0, 0.1) is 0 Å². The highest BCUT2D eigenvalue weighted by atomic mass is 16.5. The summed E-state index contributed by atoms with van der Waals surface area (Å²) in [5.74, 6) is -0.0554. The molecule has 1 N–H and O–H groups in total. The first-order valence-corrected chi connectivity index (χ1v) is 6.41. The van der Waals surface area contributed by atoms with Crippen molar-refractivity contribution in [3.05, 3.63) is 5.82 Å². The van der Waals surface area contributed by atoms with Crippen LogP contribution in [0.1, 0.15) is 31.6 Å². The van der Waals surface area contributed by atoms with Crippen molar-refractivity contribution in [3.8, 4) is 0 Å². The van der Waals surface area contributed by atoms with E-state index >= 15 is 0 Å². The van der Waals surface area contributed by atoms with E-state index in [4.69, 9.17) is 9.84 Å². The minimum absolute atomic E-state index is 0.246. The van der Waals surface area contributed by atoms with Crippen LogP contribution in [0.4, 0.5) is 0 Å². The SMILES string of the molecule is CC1(OCC(=O)O)CN(Cc2nnnn2C2CC2)C1. The Hall–Kier alpha value is -1.54. The summed E-state index contributed by atoms with van der Waals surface area (Å²) in [6.07, 6.45) is 2.30. The van der Waals surface area contributed by atoms with Gasteiger partial charge in [0, 0.05) is 13.1 Å². The lowest BCUT2D eigenvalue weighted by molar-refractivity contribution is -0.166. The lowest BCUT2D eigenvalue weighted by Crippen LogP contribution is -2.61. The average molecular weight is 267 g/mol. The van der Waals surface area contributed by atoms with Gasteiger partial charge >= 0.3 is 5.97 Å². The Morgan fingerprint density at radius 1 is 1.53 bits per heavy atom. The molecule has 19 heavy (non-hydrogen) atoms. The molecule has 0 amide bonds. The fourth-order valence-electron chi connectivity index (χ4n) is 2.46. The van der Waals surface area contributed by atoms with Crippen molar-refractivity contribution in [3.63, 3.8) is 0 Å². The predicted octanol–water partition coefficient (Wildman–Crippen LogP) is -0.317. The fourth-order valence-corrected chi connectivity index (χ4v) is 2.46. The molecular weight excluding hydrogens is 250 g/mol. The van der Waals surface area contributed by atoms with Gasteiger partial charge in [-0.15, -0.1) is 5.10 Å². The summed E-state index contributed by atoms with van der Waals surface area (Å²) in [4.78, 5) is 12.6. The number of rotatable bonds is 6. The third kappa shape index (κ3) is 2.74. The minimum Gasteiger partial charge on any atom is -0.480 e. The van der Waals surface area contributed by atoms with Crippen LogP contribution >= 0.6 is 0 Å². The maximum Gasteiger partial charge on any atom is 0.329 e. The average Bonchev–Trinajstić information content (AvgIpc) is 3.06. The van der Waals surface area contributed by atoms with Crippen molar-refractivity contribution in [2.24, 2.45) is 0 Å². The summed E-state index contributed by atoms with van der Waals surface area (Å²) in [6, 6.07) is 0.473. The molecule has 2 fully saturated rings. The summed E-state index contributed by atoms with van der Waals surface area (Å²) in [7, 11) is 0. The molecule has 1 saturated carbocycles. The Balaban J connectivity index is 1.50. The normalized spacial score (nSPS) is 22.2. The van der Waals surface area contributed by atoms with E-state index in [1.807, 2.05) is 11.6 Å². The summed E-state index contributed by atoms with van der Waals surface area (Å²) >= 11 is 0. The minimum atomic E-state index is -0.933. The van der Waals surface area contributed by atoms with E-state index < -0.39 is 5.97 Å². The summed E-state index contributed by atoms with van der Waals surface area (Å²) < 4.78 is 7.26. The Bertz CT molecular complexity index is 478. The number of tetrazole rings is 1. The van der Waals surface area contributed by atoms with Gasteiger partial charge in [-0.1, -0.05) is 0 Å². The monoisotopic (exact) mass is 267 g/mol. The second-order valence-electron chi connectivity index (χ2n) is 5.55. The first-order valence-electron chi connectivity index (χ1n) is 6.41.